The van der Waals surface area contributed by atoms with E-state index in [4.69, 9.17) is 12.2 Å². The van der Waals surface area contributed by atoms with Gasteiger partial charge in [-0.2, -0.15) is 4.99 Å². The van der Waals surface area contributed by atoms with Gasteiger partial charge in [0.05, 0.1) is 11.4 Å². The number of thiocarbonyl (C=S) groups is 1. The number of amidine groups is 1. The highest BCUT2D eigenvalue weighted by Crippen LogP contribution is 2.34. The number of nitrogens with zero attached hydrogens (tertiary/aromatic N) is 2. The van der Waals surface area contributed by atoms with E-state index >= 15 is 0 Å². The second-order valence-electron chi connectivity index (χ2n) is 9.96. The summed E-state index contributed by atoms with van der Waals surface area (Å²) in [5.41, 5.74) is 4.81. The third-order valence-corrected chi connectivity index (χ3v) is 7.43. The molecule has 3 aromatic carbocycles. The number of rotatable bonds is 8. The number of carbonyl (C=O) groups is 2. The zero-order chi connectivity index (χ0) is 31.1. The Balaban J connectivity index is 1.28. The Hall–Kier alpha value is -4.10. The lowest BCUT2D eigenvalue weighted by Gasteiger charge is -2.22. The Morgan fingerprint density at radius 2 is 1.70 bits per heavy atom. The van der Waals surface area contributed by atoms with Gasteiger partial charge in [0.25, 0.3) is 0 Å². The highest BCUT2D eigenvalue weighted by atomic mass is 32.2. The lowest BCUT2D eigenvalue weighted by molar-refractivity contribution is -0.274. The van der Waals surface area contributed by atoms with Crippen molar-refractivity contribution in [3.05, 3.63) is 83.4 Å². The second kappa shape index (κ2) is 13.9. The van der Waals surface area contributed by atoms with Gasteiger partial charge < -0.3 is 20.7 Å². The number of halogens is 3. The molecule has 0 radical (unpaired) electrons. The summed E-state index contributed by atoms with van der Waals surface area (Å²) in [5.74, 6) is -0.0408. The molecule has 3 amide bonds. The van der Waals surface area contributed by atoms with Crippen LogP contribution in [0.25, 0.3) is 0 Å². The molecule has 0 unspecified atom stereocenters. The third kappa shape index (κ3) is 9.19. The molecule has 8 nitrogen and oxygen atoms in total. The Morgan fingerprint density at radius 3 is 2.35 bits per heavy atom. The van der Waals surface area contributed by atoms with Crippen LogP contribution in [-0.2, 0) is 11.2 Å². The number of urea groups is 1. The Labute approximate surface area is 257 Å². The van der Waals surface area contributed by atoms with Gasteiger partial charge in [-0.3, -0.25) is 9.69 Å². The van der Waals surface area contributed by atoms with E-state index in [9.17, 15) is 22.8 Å². The van der Waals surface area contributed by atoms with E-state index in [-0.39, 0.29) is 23.3 Å². The fraction of sp³-hybridized carbons (Fsp3) is 0.267. The number of thioether (sulfide) groups is 1. The van der Waals surface area contributed by atoms with Crippen LogP contribution in [-0.4, -0.2) is 40.9 Å². The predicted octanol–water partition coefficient (Wildman–Crippen LogP) is 7.21. The zero-order valence-corrected chi connectivity index (χ0v) is 25.3. The molecule has 1 saturated heterocycles. The van der Waals surface area contributed by atoms with E-state index in [1.807, 2.05) is 37.3 Å². The van der Waals surface area contributed by atoms with Gasteiger partial charge in [-0.1, -0.05) is 49.9 Å². The number of carbonyl (C=O) groups excluding carboxylic acids is 2. The van der Waals surface area contributed by atoms with Crippen molar-refractivity contribution in [1.29, 1.82) is 0 Å². The first kappa shape index (κ1) is 31.8. The van der Waals surface area contributed by atoms with Crippen LogP contribution in [0.2, 0.25) is 0 Å². The quantitative estimate of drug-likeness (QED) is 0.227. The molecule has 1 fully saturated rings. The summed E-state index contributed by atoms with van der Waals surface area (Å²) < 4.78 is 40.7. The number of alkyl halides is 3. The SMILES string of the molecule is Cc1ccc(C(C)C)c(N2C(=O)CS/C2=N\C(=O)Nc2ccc(CCNC(=S)Nc3ccc(OC(F)(F)F)cc3)cc2)c1. The topological polar surface area (TPSA) is 95.1 Å². The van der Waals surface area contributed by atoms with E-state index in [1.54, 1.807) is 12.1 Å². The summed E-state index contributed by atoms with van der Waals surface area (Å²) in [5, 5.41) is 9.36. The van der Waals surface area contributed by atoms with Crippen molar-refractivity contribution in [1.82, 2.24) is 5.32 Å². The summed E-state index contributed by atoms with van der Waals surface area (Å²) >= 11 is 6.48. The molecule has 0 atom stereocenters. The van der Waals surface area contributed by atoms with E-state index in [0.29, 0.717) is 34.6 Å². The van der Waals surface area contributed by atoms with Gasteiger partial charge >= 0.3 is 12.4 Å². The number of anilines is 3. The fourth-order valence-corrected chi connectivity index (χ4v) is 5.32. The maximum Gasteiger partial charge on any atom is 0.573 e. The van der Waals surface area contributed by atoms with Crippen LogP contribution >= 0.6 is 24.0 Å². The molecule has 1 heterocycles. The van der Waals surface area contributed by atoms with E-state index in [0.717, 1.165) is 22.4 Å². The number of hydrogen-bond donors (Lipinski definition) is 3. The van der Waals surface area contributed by atoms with Crippen molar-refractivity contribution in [2.24, 2.45) is 4.99 Å². The lowest BCUT2D eigenvalue weighted by Crippen LogP contribution is -2.31. The molecular weight excluding hydrogens is 599 g/mol. The van der Waals surface area contributed by atoms with Crippen molar-refractivity contribution < 1.29 is 27.5 Å². The third-order valence-electron chi connectivity index (χ3n) is 6.26. The summed E-state index contributed by atoms with van der Waals surface area (Å²) in [7, 11) is 0. The highest BCUT2D eigenvalue weighted by molar-refractivity contribution is 8.15. The first-order valence-corrected chi connectivity index (χ1v) is 14.7. The number of ether oxygens (including phenoxy) is 1. The Bertz CT molecular complexity index is 1510. The average Bonchev–Trinajstić information content (AvgIpc) is 3.29. The van der Waals surface area contributed by atoms with Crippen LogP contribution < -0.4 is 25.6 Å². The molecule has 226 valence electrons. The van der Waals surface area contributed by atoms with Gasteiger partial charge in [0.2, 0.25) is 5.91 Å². The molecule has 3 N–H and O–H groups in total. The van der Waals surface area contributed by atoms with Crippen molar-refractivity contribution in [2.75, 3.05) is 27.8 Å². The van der Waals surface area contributed by atoms with E-state index in [2.05, 4.69) is 39.5 Å². The lowest BCUT2D eigenvalue weighted by atomic mass is 9.99. The maximum atomic E-state index is 12.8. The van der Waals surface area contributed by atoms with Crippen LogP contribution in [0.5, 0.6) is 5.75 Å². The molecule has 1 aliphatic rings. The number of amides is 3. The molecular formula is C30H30F3N5O3S2. The fourth-order valence-electron chi connectivity index (χ4n) is 4.25. The highest BCUT2D eigenvalue weighted by Gasteiger charge is 2.33. The molecule has 0 aromatic heterocycles. The standard InChI is InChI=1S/C30H30F3N5O3S2/c1-18(2)24-13-4-19(3)16-25(24)38-26(39)17-43-29(38)37-27(40)35-21-7-5-20(6-8-21)14-15-34-28(42)36-22-9-11-23(12-10-22)41-30(31,32)33/h4-13,16,18H,14-15,17H2,1-3H3,(H,35,40)(H2,34,36,42)/b37-29-. The van der Waals surface area contributed by atoms with Crippen LogP contribution in [0.3, 0.4) is 0 Å². The first-order chi connectivity index (χ1) is 20.4. The summed E-state index contributed by atoms with van der Waals surface area (Å²) in [4.78, 5) is 31.2. The summed E-state index contributed by atoms with van der Waals surface area (Å²) in [6.45, 7) is 6.57. The Morgan fingerprint density at radius 1 is 1.05 bits per heavy atom. The minimum absolute atomic E-state index is 0.120. The molecule has 43 heavy (non-hydrogen) atoms. The van der Waals surface area contributed by atoms with Crippen molar-refractivity contribution in [2.45, 2.75) is 39.5 Å². The molecule has 3 aromatic rings. The van der Waals surface area contributed by atoms with Gasteiger partial charge in [0.1, 0.15) is 5.75 Å². The van der Waals surface area contributed by atoms with Gasteiger partial charge in [0, 0.05) is 17.9 Å². The van der Waals surface area contributed by atoms with Crippen LogP contribution in [0, 0.1) is 6.92 Å². The largest absolute Gasteiger partial charge is 0.573 e. The van der Waals surface area contributed by atoms with Gasteiger partial charge in [0.15, 0.2) is 10.3 Å². The van der Waals surface area contributed by atoms with Crippen molar-refractivity contribution in [3.63, 3.8) is 0 Å². The average molecular weight is 630 g/mol. The number of aliphatic imine (C=N–C) groups is 1. The smallest absolute Gasteiger partial charge is 0.406 e. The summed E-state index contributed by atoms with van der Waals surface area (Å²) in [6.07, 6.45) is -4.12. The first-order valence-electron chi connectivity index (χ1n) is 13.3. The molecule has 0 saturated carbocycles. The zero-order valence-electron chi connectivity index (χ0n) is 23.6. The van der Waals surface area contributed by atoms with Crippen LogP contribution in [0.15, 0.2) is 71.7 Å². The minimum Gasteiger partial charge on any atom is -0.406 e. The van der Waals surface area contributed by atoms with Gasteiger partial charge in [-0.05, 0) is 90.6 Å². The molecule has 0 spiro atoms. The minimum atomic E-state index is -4.75. The van der Waals surface area contributed by atoms with Gasteiger partial charge in [-0.25, -0.2) is 4.79 Å². The van der Waals surface area contributed by atoms with Crippen molar-refractivity contribution in [3.8, 4) is 5.75 Å². The molecule has 0 bridgehead atoms. The van der Waals surface area contributed by atoms with Crippen LogP contribution in [0.4, 0.5) is 35.0 Å². The van der Waals surface area contributed by atoms with E-state index in [1.165, 1.54) is 40.9 Å². The van der Waals surface area contributed by atoms with E-state index < -0.39 is 12.4 Å². The summed E-state index contributed by atoms with van der Waals surface area (Å²) in [6, 6.07) is 17.9. The van der Waals surface area contributed by atoms with Gasteiger partial charge in [-0.15, -0.1) is 13.2 Å². The number of hydrogen-bond acceptors (Lipinski definition) is 5. The number of benzene rings is 3. The molecule has 13 heteroatoms. The second-order valence-corrected chi connectivity index (χ2v) is 11.3. The molecule has 1 aliphatic heterocycles. The van der Waals surface area contributed by atoms with Crippen LogP contribution in [0.1, 0.15) is 36.5 Å². The number of nitrogens with one attached hydrogen (secondary N) is 3. The monoisotopic (exact) mass is 629 g/mol. The normalized spacial score (nSPS) is 14.3. The predicted molar refractivity (Wildman–Crippen MR) is 169 cm³/mol. The molecule has 0 aliphatic carbocycles. The Kier molecular flexibility index (Phi) is 10.3. The maximum absolute atomic E-state index is 12.8. The number of aryl methyl sites for hydroxylation is 1. The van der Waals surface area contributed by atoms with Crippen molar-refractivity contribution >= 4 is 63.3 Å². The molecule has 4 rings (SSSR count).